The Morgan fingerprint density at radius 2 is 0.778 bits per heavy atom. The number of hydrogen-bond acceptors (Lipinski definition) is 6. The van der Waals surface area contributed by atoms with Crippen molar-refractivity contribution < 1.29 is 24.2 Å². The van der Waals surface area contributed by atoms with E-state index in [0.29, 0.717) is 45.4 Å². The lowest BCUT2D eigenvalue weighted by atomic mass is 10.0. The molecule has 0 amide bonds. The quantitative estimate of drug-likeness (QED) is 0.0520. The Morgan fingerprint density at radius 1 is 0.489 bits per heavy atom. The van der Waals surface area contributed by atoms with E-state index in [4.69, 9.17) is 9.47 Å². The summed E-state index contributed by atoms with van der Waals surface area (Å²) in [6.07, 6.45) is 35.9. The van der Waals surface area contributed by atoms with Gasteiger partial charge in [0.1, 0.15) is 0 Å². The number of hydrogen-bond donors (Lipinski definition) is 2. The molecule has 268 valence electrons. The second-order valence-electron chi connectivity index (χ2n) is 13.4. The first kappa shape index (κ1) is 43.9. The molecule has 0 radical (unpaired) electrons. The number of ether oxygens (including phenoxy) is 2. The molecule has 0 fully saturated rings. The van der Waals surface area contributed by atoms with E-state index in [1.165, 1.54) is 141 Å². The predicted octanol–water partition coefficient (Wildman–Crippen LogP) is 10.8. The summed E-state index contributed by atoms with van der Waals surface area (Å²) in [5, 5.41) is 12.5. The summed E-state index contributed by atoms with van der Waals surface area (Å²) in [6, 6.07) is 0.0467. The van der Waals surface area contributed by atoms with E-state index in [2.05, 4.69) is 19.2 Å². The first-order valence-corrected chi connectivity index (χ1v) is 19.8. The molecule has 2 N–H and O–H groups in total. The normalized spacial score (nSPS) is 11.4. The zero-order valence-electron chi connectivity index (χ0n) is 30.2. The monoisotopic (exact) mass is 640 g/mol. The van der Waals surface area contributed by atoms with E-state index in [1.807, 2.05) is 0 Å². The Hall–Kier alpha value is -1.14. The molecule has 0 aliphatic rings. The fourth-order valence-corrected chi connectivity index (χ4v) is 5.97. The number of aliphatic hydroxyl groups excluding tert-OH is 1. The van der Waals surface area contributed by atoms with Crippen LogP contribution in [0.1, 0.15) is 206 Å². The van der Waals surface area contributed by atoms with Crippen LogP contribution in [0.15, 0.2) is 0 Å². The molecule has 0 spiro atoms. The van der Waals surface area contributed by atoms with Crippen LogP contribution in [0.25, 0.3) is 0 Å². The van der Waals surface area contributed by atoms with Crippen molar-refractivity contribution in [3.63, 3.8) is 0 Å². The van der Waals surface area contributed by atoms with Gasteiger partial charge in [-0.3, -0.25) is 9.59 Å². The molecule has 45 heavy (non-hydrogen) atoms. The van der Waals surface area contributed by atoms with Crippen LogP contribution in [0.5, 0.6) is 0 Å². The number of carbonyl (C=O) groups is 2. The molecule has 0 bridgehead atoms. The van der Waals surface area contributed by atoms with Crippen LogP contribution in [0.3, 0.4) is 0 Å². The highest BCUT2D eigenvalue weighted by molar-refractivity contribution is 5.69. The topological polar surface area (TPSA) is 84.9 Å². The highest BCUT2D eigenvalue weighted by Crippen LogP contribution is 2.15. The molecule has 6 heteroatoms. The van der Waals surface area contributed by atoms with E-state index in [-0.39, 0.29) is 24.6 Å². The van der Waals surface area contributed by atoms with Gasteiger partial charge in [-0.25, -0.2) is 0 Å². The standard InChI is InChI=1S/C39H77NO5/c1-3-5-7-9-11-13-15-17-19-21-23-25-27-29-38(42)44-35-31-37(40-33-34-41)32-36-45-39(43)30-28-26-24-22-20-18-16-14-12-10-8-6-4-2/h37,40-41H,3-36H2,1-2H3. The van der Waals surface area contributed by atoms with Crippen molar-refractivity contribution in [2.45, 2.75) is 213 Å². The van der Waals surface area contributed by atoms with E-state index in [0.717, 1.165) is 25.7 Å². The summed E-state index contributed by atoms with van der Waals surface area (Å²) in [4.78, 5) is 24.3. The van der Waals surface area contributed by atoms with Crippen LogP contribution in [0, 0.1) is 0 Å². The van der Waals surface area contributed by atoms with Crippen LogP contribution in [-0.2, 0) is 19.1 Å². The van der Waals surface area contributed by atoms with E-state index in [1.54, 1.807) is 0 Å². The third-order valence-electron chi connectivity index (χ3n) is 8.97. The second-order valence-corrected chi connectivity index (χ2v) is 13.4. The molecule has 0 heterocycles. The van der Waals surface area contributed by atoms with Crippen LogP contribution in [0.4, 0.5) is 0 Å². The Balaban J connectivity index is 3.68. The summed E-state index contributed by atoms with van der Waals surface area (Å²) in [6.45, 7) is 5.77. The van der Waals surface area contributed by atoms with Crippen molar-refractivity contribution in [1.29, 1.82) is 0 Å². The lowest BCUT2D eigenvalue weighted by molar-refractivity contribution is -0.144. The smallest absolute Gasteiger partial charge is 0.305 e. The average Bonchev–Trinajstić information content (AvgIpc) is 3.04. The molecule has 6 nitrogen and oxygen atoms in total. The van der Waals surface area contributed by atoms with Gasteiger partial charge in [-0.1, -0.05) is 168 Å². The maximum absolute atomic E-state index is 12.2. The number of nitrogens with one attached hydrogen (secondary N) is 1. The molecular weight excluding hydrogens is 562 g/mol. The molecule has 0 aliphatic heterocycles. The third kappa shape index (κ3) is 35.6. The molecule has 0 aromatic carbocycles. The number of carbonyl (C=O) groups excluding carboxylic acids is 2. The fourth-order valence-electron chi connectivity index (χ4n) is 5.97. The van der Waals surface area contributed by atoms with E-state index in [9.17, 15) is 14.7 Å². The Bertz CT molecular complexity index is 566. The summed E-state index contributed by atoms with van der Waals surface area (Å²) in [7, 11) is 0. The van der Waals surface area contributed by atoms with Crippen molar-refractivity contribution in [1.82, 2.24) is 5.32 Å². The van der Waals surface area contributed by atoms with Gasteiger partial charge in [-0.15, -0.1) is 0 Å². The molecule has 0 saturated heterocycles. The van der Waals surface area contributed by atoms with Crippen LogP contribution in [-0.4, -0.2) is 49.5 Å². The maximum atomic E-state index is 12.2. The van der Waals surface area contributed by atoms with Gasteiger partial charge in [0, 0.05) is 25.4 Å². The molecule has 0 saturated carbocycles. The predicted molar refractivity (Wildman–Crippen MR) is 191 cm³/mol. The van der Waals surface area contributed by atoms with Crippen molar-refractivity contribution in [3.8, 4) is 0 Å². The van der Waals surface area contributed by atoms with Crippen LogP contribution in [0.2, 0.25) is 0 Å². The van der Waals surface area contributed by atoms with Gasteiger partial charge in [0.05, 0.1) is 19.8 Å². The first-order valence-electron chi connectivity index (χ1n) is 19.8. The molecule has 0 unspecified atom stereocenters. The summed E-state index contributed by atoms with van der Waals surface area (Å²) < 4.78 is 10.9. The van der Waals surface area contributed by atoms with Crippen LogP contribution < -0.4 is 5.32 Å². The lowest BCUT2D eigenvalue weighted by Crippen LogP contribution is -2.34. The molecule has 0 rings (SSSR count). The highest BCUT2D eigenvalue weighted by atomic mass is 16.5. The summed E-state index contributed by atoms with van der Waals surface area (Å²) in [5.41, 5.74) is 0. The van der Waals surface area contributed by atoms with Crippen LogP contribution >= 0.6 is 0 Å². The third-order valence-corrected chi connectivity index (χ3v) is 8.97. The number of rotatable bonds is 37. The zero-order valence-corrected chi connectivity index (χ0v) is 30.2. The highest BCUT2D eigenvalue weighted by Gasteiger charge is 2.12. The largest absolute Gasteiger partial charge is 0.466 e. The molecule has 0 aromatic heterocycles. The minimum Gasteiger partial charge on any atom is -0.466 e. The van der Waals surface area contributed by atoms with Gasteiger partial charge in [0.15, 0.2) is 0 Å². The zero-order chi connectivity index (χ0) is 32.9. The van der Waals surface area contributed by atoms with Gasteiger partial charge < -0.3 is 19.9 Å². The maximum Gasteiger partial charge on any atom is 0.305 e. The molecule has 0 atom stereocenters. The van der Waals surface area contributed by atoms with Gasteiger partial charge in [0.2, 0.25) is 0 Å². The van der Waals surface area contributed by atoms with Crippen molar-refractivity contribution in [2.24, 2.45) is 0 Å². The number of esters is 2. The SMILES string of the molecule is CCCCCCCCCCCCCCCC(=O)OCCC(CCOC(=O)CCCCCCCCCCCCCCC)NCCO. The van der Waals surface area contributed by atoms with Gasteiger partial charge in [0.25, 0.3) is 0 Å². The van der Waals surface area contributed by atoms with Crippen molar-refractivity contribution >= 4 is 11.9 Å². The van der Waals surface area contributed by atoms with Gasteiger partial charge in [-0.2, -0.15) is 0 Å². The Kier molecular flexibility index (Phi) is 36.4. The van der Waals surface area contributed by atoms with Gasteiger partial charge in [-0.05, 0) is 25.7 Å². The summed E-state index contributed by atoms with van der Waals surface area (Å²) in [5.74, 6) is -0.244. The fraction of sp³-hybridized carbons (Fsp3) is 0.949. The summed E-state index contributed by atoms with van der Waals surface area (Å²) >= 11 is 0. The lowest BCUT2D eigenvalue weighted by Gasteiger charge is -2.18. The molecule has 0 aromatic rings. The first-order chi connectivity index (χ1) is 22.1. The minimum absolute atomic E-state index is 0.0467. The second kappa shape index (κ2) is 37.3. The Morgan fingerprint density at radius 3 is 1.07 bits per heavy atom. The van der Waals surface area contributed by atoms with Crippen molar-refractivity contribution in [2.75, 3.05) is 26.4 Å². The average molecular weight is 640 g/mol. The van der Waals surface area contributed by atoms with E-state index >= 15 is 0 Å². The molecular formula is C39H77NO5. The number of unbranched alkanes of at least 4 members (excludes halogenated alkanes) is 24. The van der Waals surface area contributed by atoms with E-state index < -0.39 is 0 Å². The van der Waals surface area contributed by atoms with Gasteiger partial charge >= 0.3 is 11.9 Å². The molecule has 0 aliphatic carbocycles. The minimum atomic E-state index is -0.122. The van der Waals surface area contributed by atoms with Crippen molar-refractivity contribution in [3.05, 3.63) is 0 Å². The number of aliphatic hydroxyl groups is 1. The Labute approximate surface area is 280 Å².